The lowest BCUT2D eigenvalue weighted by atomic mass is 9.86. The maximum absolute atomic E-state index is 12.7. The fraction of sp³-hybridized carbons (Fsp3) is 0.464. The third kappa shape index (κ3) is 7.55. The first-order chi connectivity index (χ1) is 17.0. The molecule has 1 aliphatic heterocycles. The number of carbonyl (C=O) groups is 3. The van der Waals surface area contributed by atoms with Crippen LogP contribution < -0.4 is 15.5 Å². The van der Waals surface area contributed by atoms with Gasteiger partial charge in [-0.05, 0) is 53.3 Å². The van der Waals surface area contributed by atoms with Crippen molar-refractivity contribution in [2.75, 3.05) is 43.1 Å². The summed E-state index contributed by atoms with van der Waals surface area (Å²) in [7, 11) is 0. The molecule has 8 heteroatoms. The number of amides is 2. The molecule has 0 aromatic heterocycles. The molecule has 0 bridgehead atoms. The molecule has 2 aromatic rings. The fourth-order valence-electron chi connectivity index (χ4n) is 3.84. The summed E-state index contributed by atoms with van der Waals surface area (Å²) in [5.74, 6) is -1.68. The summed E-state index contributed by atoms with van der Waals surface area (Å²) in [6, 6.07) is 13.9. The highest BCUT2D eigenvalue weighted by Gasteiger charge is 2.27. The Hall–Kier alpha value is -3.39. The monoisotopic (exact) mass is 495 g/mol. The van der Waals surface area contributed by atoms with Crippen LogP contribution in [-0.2, 0) is 24.5 Å². The van der Waals surface area contributed by atoms with Gasteiger partial charge in [-0.3, -0.25) is 9.59 Å². The van der Waals surface area contributed by atoms with E-state index in [1.807, 2.05) is 50.2 Å². The van der Waals surface area contributed by atoms with Gasteiger partial charge in [0, 0.05) is 30.0 Å². The van der Waals surface area contributed by atoms with Crippen molar-refractivity contribution in [3.8, 4) is 0 Å². The molecule has 1 heterocycles. The van der Waals surface area contributed by atoms with E-state index in [4.69, 9.17) is 9.47 Å². The quantitative estimate of drug-likeness (QED) is 0.542. The highest BCUT2D eigenvalue weighted by molar-refractivity contribution is 5.97. The molecule has 8 nitrogen and oxygen atoms in total. The third-order valence-electron chi connectivity index (χ3n) is 6.09. The number of esters is 1. The van der Waals surface area contributed by atoms with Gasteiger partial charge in [0.1, 0.15) is 6.04 Å². The number of nitrogens with one attached hydrogen (secondary N) is 2. The van der Waals surface area contributed by atoms with Gasteiger partial charge in [0.2, 0.25) is 0 Å². The summed E-state index contributed by atoms with van der Waals surface area (Å²) in [5, 5.41) is 5.48. The van der Waals surface area contributed by atoms with Crippen molar-refractivity contribution >= 4 is 29.2 Å². The van der Waals surface area contributed by atoms with E-state index in [1.165, 1.54) is 0 Å². The number of benzene rings is 2. The number of hydrogen-bond donors (Lipinski definition) is 2. The van der Waals surface area contributed by atoms with Gasteiger partial charge in [-0.15, -0.1) is 0 Å². The summed E-state index contributed by atoms with van der Waals surface area (Å²) in [6.07, 6.45) is 0. The lowest BCUT2D eigenvalue weighted by molar-refractivity contribution is -0.150. The van der Waals surface area contributed by atoms with Gasteiger partial charge in [0.05, 0.1) is 13.2 Å². The van der Waals surface area contributed by atoms with Gasteiger partial charge in [-0.25, -0.2) is 4.79 Å². The zero-order chi connectivity index (χ0) is 26.3. The van der Waals surface area contributed by atoms with Crippen molar-refractivity contribution in [3.63, 3.8) is 0 Å². The molecule has 36 heavy (non-hydrogen) atoms. The number of morpholine rings is 1. The second-order valence-corrected chi connectivity index (χ2v) is 10.3. The first-order valence-corrected chi connectivity index (χ1v) is 12.4. The highest BCUT2D eigenvalue weighted by Crippen LogP contribution is 2.22. The zero-order valence-corrected chi connectivity index (χ0v) is 21.8. The average Bonchev–Trinajstić information content (AvgIpc) is 2.86. The van der Waals surface area contributed by atoms with Crippen molar-refractivity contribution in [2.24, 2.45) is 5.92 Å². The largest absolute Gasteiger partial charge is 0.454 e. The molecular formula is C28H37N3O5. The predicted molar refractivity (Wildman–Crippen MR) is 140 cm³/mol. The summed E-state index contributed by atoms with van der Waals surface area (Å²) in [4.78, 5) is 40.0. The Morgan fingerprint density at radius 1 is 0.972 bits per heavy atom. The Labute approximate surface area is 213 Å². The van der Waals surface area contributed by atoms with E-state index >= 15 is 0 Å². The normalized spacial score (nSPS) is 14.8. The zero-order valence-electron chi connectivity index (χ0n) is 21.8. The van der Waals surface area contributed by atoms with Gasteiger partial charge in [0.15, 0.2) is 6.61 Å². The molecule has 0 saturated carbocycles. The van der Waals surface area contributed by atoms with Gasteiger partial charge < -0.3 is 25.0 Å². The van der Waals surface area contributed by atoms with Crippen LogP contribution in [0.3, 0.4) is 0 Å². The third-order valence-corrected chi connectivity index (χ3v) is 6.09. The SMILES string of the molecule is CC(C)[C@@H](NC(=O)c1ccc(C(C)(C)C)cc1)C(=O)OCC(=O)Nc1ccc(N2CCOCC2)cc1. The Morgan fingerprint density at radius 2 is 1.58 bits per heavy atom. The van der Waals surface area contributed by atoms with Gasteiger partial charge >= 0.3 is 5.97 Å². The topological polar surface area (TPSA) is 97.0 Å². The number of rotatable bonds is 8. The lowest BCUT2D eigenvalue weighted by Gasteiger charge is -2.28. The molecule has 3 rings (SSSR count). The Morgan fingerprint density at radius 3 is 2.14 bits per heavy atom. The smallest absolute Gasteiger partial charge is 0.329 e. The molecule has 0 radical (unpaired) electrons. The second-order valence-electron chi connectivity index (χ2n) is 10.3. The van der Waals surface area contributed by atoms with E-state index in [0.29, 0.717) is 24.5 Å². The second kappa shape index (κ2) is 12.0. The fourth-order valence-corrected chi connectivity index (χ4v) is 3.84. The first kappa shape index (κ1) is 27.2. The Bertz CT molecular complexity index is 1040. The van der Waals surface area contributed by atoms with Crippen LogP contribution in [0.15, 0.2) is 48.5 Å². The molecule has 2 aromatic carbocycles. The van der Waals surface area contributed by atoms with Crippen LogP contribution in [0.4, 0.5) is 11.4 Å². The number of carbonyl (C=O) groups excluding carboxylic acids is 3. The van der Waals surface area contributed by atoms with Crippen LogP contribution in [0.2, 0.25) is 0 Å². The van der Waals surface area contributed by atoms with Crippen molar-refractivity contribution in [1.82, 2.24) is 5.32 Å². The van der Waals surface area contributed by atoms with E-state index in [9.17, 15) is 14.4 Å². The van der Waals surface area contributed by atoms with E-state index in [1.54, 1.807) is 12.1 Å². The Balaban J connectivity index is 1.51. The van der Waals surface area contributed by atoms with Gasteiger partial charge in [0.25, 0.3) is 11.8 Å². The minimum atomic E-state index is -0.875. The van der Waals surface area contributed by atoms with Crippen LogP contribution in [0.25, 0.3) is 0 Å². The minimum absolute atomic E-state index is 0.0232. The predicted octanol–water partition coefficient (Wildman–Crippen LogP) is 3.76. The molecule has 0 unspecified atom stereocenters. The molecule has 194 valence electrons. The van der Waals surface area contributed by atoms with E-state index in [0.717, 1.165) is 24.3 Å². The maximum Gasteiger partial charge on any atom is 0.329 e. The molecule has 0 aliphatic carbocycles. The van der Waals surface area contributed by atoms with Crippen molar-refractivity contribution in [1.29, 1.82) is 0 Å². The first-order valence-electron chi connectivity index (χ1n) is 12.4. The highest BCUT2D eigenvalue weighted by atomic mass is 16.5. The van der Waals surface area contributed by atoms with Crippen molar-refractivity contribution in [3.05, 3.63) is 59.7 Å². The van der Waals surface area contributed by atoms with Gasteiger partial charge in [-0.1, -0.05) is 46.8 Å². The molecule has 1 fully saturated rings. The Kier molecular flexibility index (Phi) is 9.09. The number of ether oxygens (including phenoxy) is 2. The van der Waals surface area contributed by atoms with Gasteiger partial charge in [-0.2, -0.15) is 0 Å². The standard InChI is InChI=1S/C28H37N3O5/c1-19(2)25(30-26(33)20-6-8-21(9-7-20)28(3,4)5)27(34)36-18-24(32)29-22-10-12-23(13-11-22)31-14-16-35-17-15-31/h6-13,19,25H,14-18H2,1-5H3,(H,29,32)(H,30,33)/t25-/m1/s1. The summed E-state index contributed by atoms with van der Waals surface area (Å²) < 4.78 is 10.6. The van der Waals surface area contributed by atoms with Crippen LogP contribution in [-0.4, -0.2) is 56.7 Å². The minimum Gasteiger partial charge on any atom is -0.454 e. The summed E-state index contributed by atoms with van der Waals surface area (Å²) in [5.41, 5.74) is 3.22. The average molecular weight is 496 g/mol. The number of anilines is 2. The van der Waals surface area contributed by atoms with E-state index < -0.39 is 24.5 Å². The van der Waals surface area contributed by atoms with Crippen LogP contribution in [0.1, 0.15) is 50.5 Å². The van der Waals surface area contributed by atoms with E-state index in [-0.39, 0.29) is 17.2 Å². The molecule has 2 N–H and O–H groups in total. The molecule has 1 saturated heterocycles. The van der Waals surface area contributed by atoms with E-state index in [2.05, 4.69) is 36.3 Å². The van der Waals surface area contributed by atoms with Crippen LogP contribution in [0.5, 0.6) is 0 Å². The number of nitrogens with zero attached hydrogens (tertiary/aromatic N) is 1. The van der Waals surface area contributed by atoms with Crippen LogP contribution in [0, 0.1) is 5.92 Å². The van der Waals surface area contributed by atoms with Crippen molar-refractivity contribution in [2.45, 2.75) is 46.1 Å². The summed E-state index contributed by atoms with van der Waals surface area (Å²) >= 11 is 0. The lowest BCUT2D eigenvalue weighted by Crippen LogP contribution is -2.46. The maximum atomic E-state index is 12.7. The molecular weight excluding hydrogens is 458 g/mol. The summed E-state index contributed by atoms with van der Waals surface area (Å²) in [6.45, 7) is 12.5. The van der Waals surface area contributed by atoms with Crippen LogP contribution >= 0.6 is 0 Å². The molecule has 2 amide bonds. The molecule has 1 atom stereocenters. The molecule has 1 aliphatic rings. The molecule has 0 spiro atoms. The number of hydrogen-bond acceptors (Lipinski definition) is 6. The van der Waals surface area contributed by atoms with Crippen molar-refractivity contribution < 1.29 is 23.9 Å².